The summed E-state index contributed by atoms with van der Waals surface area (Å²) in [5, 5.41) is 3.30. The molecule has 3 saturated heterocycles. The van der Waals surface area contributed by atoms with Gasteiger partial charge in [0, 0.05) is 78.4 Å². The smallest absolute Gasteiger partial charge is 0.245 e. The molecule has 4 rings (SSSR count). The number of hydrogen-bond donors (Lipinski definition) is 1. The van der Waals surface area contributed by atoms with E-state index in [1.807, 2.05) is 9.80 Å². The predicted octanol–water partition coefficient (Wildman–Crippen LogP) is 0.550. The van der Waals surface area contributed by atoms with Gasteiger partial charge in [-0.1, -0.05) is 29.8 Å². The Morgan fingerprint density at radius 2 is 1.79 bits per heavy atom. The summed E-state index contributed by atoms with van der Waals surface area (Å²) in [6.07, 6.45) is 0.706. The molecule has 8 nitrogen and oxygen atoms in total. The first-order valence-corrected chi connectivity index (χ1v) is 12.4. The first kappa shape index (κ1) is 24.1. The van der Waals surface area contributed by atoms with Crippen molar-refractivity contribution in [2.24, 2.45) is 0 Å². The average molecular weight is 458 g/mol. The number of carbonyl (C=O) groups excluding carboxylic acids is 2. The lowest BCUT2D eigenvalue weighted by Gasteiger charge is -2.33. The van der Waals surface area contributed by atoms with E-state index in [9.17, 15) is 9.59 Å². The van der Waals surface area contributed by atoms with E-state index >= 15 is 0 Å². The molecule has 182 valence electrons. The van der Waals surface area contributed by atoms with Crippen molar-refractivity contribution < 1.29 is 14.3 Å². The van der Waals surface area contributed by atoms with Crippen LogP contribution in [0, 0.1) is 6.92 Å². The molecule has 3 aliphatic heterocycles. The maximum Gasteiger partial charge on any atom is 0.245 e. The zero-order valence-electron chi connectivity index (χ0n) is 20.2. The monoisotopic (exact) mass is 457 g/mol. The highest BCUT2D eigenvalue weighted by Crippen LogP contribution is 2.26. The Hall–Kier alpha value is -2.00. The van der Waals surface area contributed by atoms with Crippen LogP contribution in [0.3, 0.4) is 0 Å². The molecule has 2 atom stereocenters. The molecule has 8 heteroatoms. The fourth-order valence-electron chi connectivity index (χ4n) is 5.17. The summed E-state index contributed by atoms with van der Waals surface area (Å²) >= 11 is 0. The summed E-state index contributed by atoms with van der Waals surface area (Å²) in [5.41, 5.74) is 2.53. The van der Waals surface area contributed by atoms with Gasteiger partial charge in [-0.25, -0.2) is 0 Å². The average Bonchev–Trinajstić information content (AvgIpc) is 3.29. The molecule has 0 radical (unpaired) electrons. The SMILES string of the molecule is CC(=O)N1CC(N(CCN2CCOCC2)Cc2ccc(C)cc2)CC1C(=O)N1CCNCC1. The second-order valence-corrected chi connectivity index (χ2v) is 9.56. The third kappa shape index (κ3) is 6.32. The molecule has 1 N–H and O–H groups in total. The van der Waals surface area contributed by atoms with Crippen LogP contribution in [0.5, 0.6) is 0 Å². The zero-order chi connectivity index (χ0) is 23.2. The van der Waals surface area contributed by atoms with Gasteiger partial charge >= 0.3 is 0 Å². The molecule has 0 aliphatic carbocycles. The van der Waals surface area contributed by atoms with Crippen molar-refractivity contribution >= 4 is 11.8 Å². The van der Waals surface area contributed by atoms with Crippen LogP contribution in [0.25, 0.3) is 0 Å². The van der Waals surface area contributed by atoms with Crippen LogP contribution >= 0.6 is 0 Å². The number of hydrogen-bond acceptors (Lipinski definition) is 6. The van der Waals surface area contributed by atoms with Crippen LogP contribution in [0.2, 0.25) is 0 Å². The molecule has 0 aromatic heterocycles. The quantitative estimate of drug-likeness (QED) is 0.645. The number of likely N-dealkylation sites (tertiary alicyclic amines) is 1. The van der Waals surface area contributed by atoms with Crippen molar-refractivity contribution in [2.75, 3.05) is 72.1 Å². The maximum atomic E-state index is 13.3. The van der Waals surface area contributed by atoms with E-state index in [1.54, 1.807) is 6.92 Å². The van der Waals surface area contributed by atoms with Crippen LogP contribution < -0.4 is 5.32 Å². The molecule has 0 saturated carbocycles. The molecule has 33 heavy (non-hydrogen) atoms. The van der Waals surface area contributed by atoms with Gasteiger partial charge in [-0.2, -0.15) is 0 Å². The van der Waals surface area contributed by atoms with Crippen LogP contribution in [0.1, 0.15) is 24.5 Å². The van der Waals surface area contributed by atoms with E-state index in [0.29, 0.717) is 13.0 Å². The minimum Gasteiger partial charge on any atom is -0.379 e. The van der Waals surface area contributed by atoms with Crippen LogP contribution in [0.15, 0.2) is 24.3 Å². The fraction of sp³-hybridized carbons (Fsp3) is 0.680. The summed E-state index contributed by atoms with van der Waals surface area (Å²) in [4.78, 5) is 34.5. The van der Waals surface area contributed by atoms with E-state index in [0.717, 1.165) is 72.1 Å². The van der Waals surface area contributed by atoms with Gasteiger partial charge in [0.15, 0.2) is 0 Å². The van der Waals surface area contributed by atoms with E-state index in [2.05, 4.69) is 46.3 Å². The number of piperazine rings is 1. The number of rotatable bonds is 7. The Bertz CT molecular complexity index is 790. The van der Waals surface area contributed by atoms with Crippen LogP contribution in [0.4, 0.5) is 0 Å². The molecule has 0 bridgehead atoms. The third-order valence-electron chi connectivity index (χ3n) is 7.23. The van der Waals surface area contributed by atoms with E-state index in [4.69, 9.17) is 4.74 Å². The number of morpholine rings is 1. The molecule has 3 aliphatic rings. The lowest BCUT2D eigenvalue weighted by Crippen LogP contribution is -2.53. The van der Waals surface area contributed by atoms with Gasteiger partial charge in [0.2, 0.25) is 11.8 Å². The topological polar surface area (TPSA) is 68.4 Å². The summed E-state index contributed by atoms with van der Waals surface area (Å²) < 4.78 is 5.51. The molecule has 1 aromatic rings. The summed E-state index contributed by atoms with van der Waals surface area (Å²) in [6.45, 7) is 13.6. The van der Waals surface area contributed by atoms with Crippen molar-refractivity contribution in [1.29, 1.82) is 0 Å². The fourth-order valence-corrected chi connectivity index (χ4v) is 5.17. The van der Waals surface area contributed by atoms with Crippen molar-refractivity contribution in [2.45, 2.75) is 38.9 Å². The zero-order valence-corrected chi connectivity index (χ0v) is 20.2. The van der Waals surface area contributed by atoms with E-state index in [-0.39, 0.29) is 23.9 Å². The largest absolute Gasteiger partial charge is 0.379 e. The van der Waals surface area contributed by atoms with Crippen LogP contribution in [-0.4, -0.2) is 116 Å². The maximum absolute atomic E-state index is 13.3. The summed E-state index contributed by atoms with van der Waals surface area (Å²) in [5.74, 6) is 0.104. The van der Waals surface area contributed by atoms with Gasteiger partial charge in [0.1, 0.15) is 6.04 Å². The molecule has 2 unspecified atom stereocenters. The highest BCUT2D eigenvalue weighted by molar-refractivity contribution is 5.87. The molecule has 0 spiro atoms. The predicted molar refractivity (Wildman–Crippen MR) is 128 cm³/mol. The number of benzene rings is 1. The Balaban J connectivity index is 1.48. The molecular formula is C25H39N5O3. The van der Waals surface area contributed by atoms with E-state index < -0.39 is 0 Å². The minimum absolute atomic E-state index is 0.00514. The van der Waals surface area contributed by atoms with Crippen molar-refractivity contribution in [3.05, 3.63) is 35.4 Å². The highest BCUT2D eigenvalue weighted by Gasteiger charge is 2.42. The summed E-state index contributed by atoms with van der Waals surface area (Å²) in [6, 6.07) is 8.52. The second-order valence-electron chi connectivity index (χ2n) is 9.56. The van der Waals surface area contributed by atoms with Crippen molar-refractivity contribution in [1.82, 2.24) is 24.9 Å². The van der Waals surface area contributed by atoms with Crippen molar-refractivity contribution in [3.8, 4) is 0 Å². The molecule has 3 fully saturated rings. The lowest BCUT2D eigenvalue weighted by atomic mass is 10.1. The van der Waals surface area contributed by atoms with Crippen molar-refractivity contribution in [3.63, 3.8) is 0 Å². The van der Waals surface area contributed by atoms with Gasteiger partial charge in [0.05, 0.1) is 13.2 Å². The van der Waals surface area contributed by atoms with Gasteiger partial charge in [-0.3, -0.25) is 19.4 Å². The van der Waals surface area contributed by atoms with Gasteiger partial charge < -0.3 is 19.9 Å². The van der Waals surface area contributed by atoms with Crippen LogP contribution in [-0.2, 0) is 20.9 Å². The highest BCUT2D eigenvalue weighted by atomic mass is 16.5. The first-order valence-electron chi connectivity index (χ1n) is 12.4. The molecule has 3 heterocycles. The standard InChI is InChI=1S/C25H39N5O3/c1-20-3-5-22(6-4-20)18-29(12-11-27-13-15-33-16-14-27)23-17-24(30(19-23)21(2)31)25(32)28-9-7-26-8-10-28/h3-6,23-24,26H,7-19H2,1-2H3. The van der Waals surface area contributed by atoms with Gasteiger partial charge in [-0.15, -0.1) is 0 Å². The van der Waals surface area contributed by atoms with Gasteiger partial charge in [-0.05, 0) is 18.9 Å². The number of amides is 2. The molecular weight excluding hydrogens is 418 g/mol. The number of carbonyl (C=O) groups is 2. The molecule has 1 aromatic carbocycles. The minimum atomic E-state index is -0.352. The number of ether oxygens (including phenoxy) is 1. The Morgan fingerprint density at radius 3 is 2.45 bits per heavy atom. The normalized spacial score (nSPS) is 24.5. The van der Waals surface area contributed by atoms with E-state index in [1.165, 1.54) is 11.1 Å². The first-order chi connectivity index (χ1) is 16.0. The Kier molecular flexibility index (Phi) is 8.35. The number of nitrogens with one attached hydrogen (secondary N) is 1. The lowest BCUT2D eigenvalue weighted by molar-refractivity contribution is -0.143. The molecule has 2 amide bonds. The Morgan fingerprint density at radius 1 is 1.09 bits per heavy atom. The Labute approximate surface area is 197 Å². The third-order valence-corrected chi connectivity index (χ3v) is 7.23. The second kappa shape index (κ2) is 11.4. The number of aryl methyl sites for hydroxylation is 1. The number of nitrogens with zero attached hydrogens (tertiary/aromatic N) is 4. The summed E-state index contributed by atoms with van der Waals surface area (Å²) in [7, 11) is 0. The van der Waals surface area contributed by atoms with Gasteiger partial charge in [0.25, 0.3) is 0 Å².